The minimum absolute atomic E-state index is 0.0254. The van der Waals surface area contributed by atoms with Gasteiger partial charge in [-0.15, -0.1) is 5.10 Å². The summed E-state index contributed by atoms with van der Waals surface area (Å²) in [6, 6.07) is 10.4. The van der Waals surface area contributed by atoms with Gasteiger partial charge in [-0.2, -0.15) is 10.1 Å². The summed E-state index contributed by atoms with van der Waals surface area (Å²) in [4.78, 5) is 4.34. The average molecular weight is 344 g/mol. The van der Waals surface area contributed by atoms with E-state index in [1.54, 1.807) is 6.07 Å². The van der Waals surface area contributed by atoms with E-state index in [9.17, 15) is 4.39 Å². The second-order valence-corrected chi connectivity index (χ2v) is 5.83. The fraction of sp³-hybridized carbons (Fsp3) is 0.118. The highest BCUT2D eigenvalue weighted by Crippen LogP contribution is 2.22. The third-order valence-electron chi connectivity index (χ3n) is 3.23. The molecule has 0 saturated carbocycles. The molecule has 0 unspecified atom stereocenters. The highest BCUT2D eigenvalue weighted by Gasteiger charge is 2.05. The molecule has 3 aromatic rings. The summed E-state index contributed by atoms with van der Waals surface area (Å²) in [7, 11) is 0. The number of benzene rings is 2. The number of aromatic nitrogens is 3. The van der Waals surface area contributed by atoms with E-state index in [1.807, 2.05) is 26.0 Å². The molecule has 7 heteroatoms. The van der Waals surface area contributed by atoms with Gasteiger partial charge >= 0.3 is 0 Å². The second-order valence-electron chi connectivity index (χ2n) is 5.42. The Morgan fingerprint density at radius 1 is 0.958 bits per heavy atom. The number of nitrogens with one attached hydrogen (secondary N) is 2. The quantitative estimate of drug-likeness (QED) is 0.714. The number of rotatable bonds is 4. The summed E-state index contributed by atoms with van der Waals surface area (Å²) in [6.45, 7) is 4.06. The summed E-state index contributed by atoms with van der Waals surface area (Å²) < 4.78 is 13.2. The summed E-state index contributed by atoms with van der Waals surface area (Å²) in [5, 5.41) is 14.0. The highest BCUT2D eigenvalue weighted by molar-refractivity contribution is 6.31. The number of halogens is 2. The predicted octanol–water partition coefficient (Wildman–Crippen LogP) is 4.77. The van der Waals surface area contributed by atoms with E-state index in [-0.39, 0.29) is 11.0 Å². The Bertz CT molecular complexity index is 864. The van der Waals surface area contributed by atoms with Gasteiger partial charge in [-0.05, 0) is 55.3 Å². The first kappa shape index (κ1) is 16.1. The lowest BCUT2D eigenvalue weighted by atomic mass is 10.1. The Morgan fingerprint density at radius 2 is 1.71 bits per heavy atom. The monoisotopic (exact) mass is 343 g/mol. The Kier molecular flexibility index (Phi) is 4.57. The molecule has 0 amide bonds. The molecule has 3 rings (SSSR count). The topological polar surface area (TPSA) is 62.7 Å². The molecule has 24 heavy (non-hydrogen) atoms. The maximum atomic E-state index is 13.2. The van der Waals surface area contributed by atoms with Crippen LogP contribution in [-0.2, 0) is 0 Å². The molecular weight excluding hydrogens is 329 g/mol. The van der Waals surface area contributed by atoms with Crippen molar-refractivity contribution in [2.75, 3.05) is 10.6 Å². The fourth-order valence-electron chi connectivity index (χ4n) is 2.31. The van der Waals surface area contributed by atoms with Crippen LogP contribution in [0.1, 0.15) is 11.1 Å². The smallest absolute Gasteiger partial charge is 0.249 e. The lowest BCUT2D eigenvalue weighted by molar-refractivity contribution is 0.628. The summed E-state index contributed by atoms with van der Waals surface area (Å²) in [6.07, 6.45) is 1.53. The van der Waals surface area contributed by atoms with Crippen molar-refractivity contribution < 1.29 is 4.39 Å². The van der Waals surface area contributed by atoms with Gasteiger partial charge in [0.25, 0.3) is 0 Å². The van der Waals surface area contributed by atoms with Crippen molar-refractivity contribution in [1.29, 1.82) is 0 Å². The zero-order chi connectivity index (χ0) is 17.1. The van der Waals surface area contributed by atoms with Gasteiger partial charge in [0.1, 0.15) is 5.82 Å². The predicted molar refractivity (Wildman–Crippen MR) is 93.7 cm³/mol. The van der Waals surface area contributed by atoms with Crippen molar-refractivity contribution >= 4 is 34.7 Å². The van der Waals surface area contributed by atoms with E-state index in [4.69, 9.17) is 11.6 Å². The van der Waals surface area contributed by atoms with E-state index in [1.165, 1.54) is 18.3 Å². The second kappa shape index (κ2) is 6.80. The van der Waals surface area contributed by atoms with Crippen LogP contribution in [0.2, 0.25) is 5.02 Å². The summed E-state index contributed by atoms with van der Waals surface area (Å²) in [5.74, 6) is 0.351. The van der Waals surface area contributed by atoms with E-state index >= 15 is 0 Å². The minimum Gasteiger partial charge on any atom is -0.339 e. The van der Waals surface area contributed by atoms with Crippen LogP contribution >= 0.6 is 11.6 Å². The van der Waals surface area contributed by atoms with E-state index in [0.717, 1.165) is 16.8 Å². The lowest BCUT2D eigenvalue weighted by Gasteiger charge is -2.09. The number of nitrogens with zero attached hydrogens (tertiary/aromatic N) is 3. The van der Waals surface area contributed by atoms with Crippen molar-refractivity contribution in [3.8, 4) is 0 Å². The van der Waals surface area contributed by atoms with Crippen LogP contribution in [0.25, 0.3) is 0 Å². The molecule has 2 aromatic carbocycles. The molecule has 0 aliphatic rings. The van der Waals surface area contributed by atoms with Crippen molar-refractivity contribution in [3.63, 3.8) is 0 Å². The van der Waals surface area contributed by atoms with Gasteiger partial charge in [0.15, 0.2) is 5.82 Å². The number of hydrogen-bond donors (Lipinski definition) is 2. The van der Waals surface area contributed by atoms with Gasteiger partial charge in [0.05, 0.1) is 11.2 Å². The van der Waals surface area contributed by atoms with Crippen LogP contribution in [0.3, 0.4) is 0 Å². The first-order valence-electron chi connectivity index (χ1n) is 7.27. The van der Waals surface area contributed by atoms with Crippen LogP contribution in [0, 0.1) is 19.7 Å². The Balaban J connectivity index is 1.79. The standard InChI is InChI=1S/C17H15ClFN5/c1-10-5-11(2)7-13(6-10)21-16-9-20-24-17(23-16)22-12-3-4-15(19)14(18)8-12/h3-9H,1-2H3,(H2,21,22,23,24). The third kappa shape index (κ3) is 3.97. The lowest BCUT2D eigenvalue weighted by Crippen LogP contribution is -2.02. The van der Waals surface area contributed by atoms with Crippen LogP contribution < -0.4 is 10.6 Å². The fourth-order valence-corrected chi connectivity index (χ4v) is 2.49. The van der Waals surface area contributed by atoms with Crippen molar-refractivity contribution in [2.45, 2.75) is 13.8 Å². The molecule has 1 aromatic heterocycles. The van der Waals surface area contributed by atoms with Gasteiger partial charge in [0.2, 0.25) is 5.95 Å². The maximum Gasteiger partial charge on any atom is 0.249 e. The van der Waals surface area contributed by atoms with E-state index in [2.05, 4.69) is 31.9 Å². The molecule has 122 valence electrons. The molecule has 0 bridgehead atoms. The molecule has 2 N–H and O–H groups in total. The van der Waals surface area contributed by atoms with Crippen LogP contribution in [0.15, 0.2) is 42.6 Å². The van der Waals surface area contributed by atoms with Crippen LogP contribution in [0.4, 0.5) is 27.5 Å². The Labute approximate surface area is 143 Å². The summed E-state index contributed by atoms with van der Waals surface area (Å²) >= 11 is 5.76. The molecule has 0 radical (unpaired) electrons. The Hall–Kier alpha value is -2.73. The first-order chi connectivity index (χ1) is 11.5. The van der Waals surface area contributed by atoms with Crippen LogP contribution in [0.5, 0.6) is 0 Å². The van der Waals surface area contributed by atoms with Gasteiger partial charge < -0.3 is 10.6 Å². The Morgan fingerprint density at radius 3 is 2.42 bits per heavy atom. The molecule has 0 spiro atoms. The molecule has 0 saturated heterocycles. The largest absolute Gasteiger partial charge is 0.339 e. The molecule has 5 nitrogen and oxygen atoms in total. The molecule has 0 atom stereocenters. The van der Waals surface area contributed by atoms with Crippen molar-refractivity contribution in [3.05, 3.63) is 64.6 Å². The molecular formula is C17H15ClFN5. The van der Waals surface area contributed by atoms with Gasteiger partial charge in [-0.25, -0.2) is 4.39 Å². The number of anilines is 4. The number of hydrogen-bond acceptors (Lipinski definition) is 5. The first-order valence-corrected chi connectivity index (χ1v) is 7.64. The zero-order valence-electron chi connectivity index (χ0n) is 13.1. The molecule has 0 aliphatic carbocycles. The molecule has 0 aliphatic heterocycles. The SMILES string of the molecule is Cc1cc(C)cc(Nc2cnnc(Nc3ccc(F)c(Cl)c3)n2)c1. The maximum absolute atomic E-state index is 13.2. The normalized spacial score (nSPS) is 10.5. The van der Waals surface area contributed by atoms with Crippen molar-refractivity contribution in [2.24, 2.45) is 0 Å². The van der Waals surface area contributed by atoms with Gasteiger partial charge in [-0.3, -0.25) is 0 Å². The average Bonchev–Trinajstić information content (AvgIpc) is 2.50. The van der Waals surface area contributed by atoms with E-state index < -0.39 is 5.82 Å². The zero-order valence-corrected chi connectivity index (χ0v) is 13.9. The van der Waals surface area contributed by atoms with E-state index in [0.29, 0.717) is 11.5 Å². The van der Waals surface area contributed by atoms with Gasteiger partial charge in [-0.1, -0.05) is 17.7 Å². The van der Waals surface area contributed by atoms with Crippen LogP contribution in [-0.4, -0.2) is 15.2 Å². The highest BCUT2D eigenvalue weighted by atomic mass is 35.5. The molecule has 1 heterocycles. The minimum atomic E-state index is -0.480. The van der Waals surface area contributed by atoms with Crippen molar-refractivity contribution in [1.82, 2.24) is 15.2 Å². The third-order valence-corrected chi connectivity index (χ3v) is 3.52. The summed E-state index contributed by atoms with van der Waals surface area (Å²) in [5.41, 5.74) is 3.80. The number of aryl methyl sites for hydroxylation is 2. The molecule has 0 fully saturated rings. The van der Waals surface area contributed by atoms with Gasteiger partial charge in [0, 0.05) is 11.4 Å².